The van der Waals surface area contributed by atoms with E-state index < -0.39 is 17.6 Å². The molecule has 10 heteroatoms. The van der Waals surface area contributed by atoms with E-state index in [1.165, 1.54) is 43.6 Å². The monoisotopic (exact) mass is 470 g/mol. The van der Waals surface area contributed by atoms with E-state index in [9.17, 15) is 22.8 Å². The minimum absolute atomic E-state index is 0.000802. The number of halogens is 3. The molecule has 0 saturated heterocycles. The number of hydrogen-bond donors (Lipinski definition) is 3. The predicted octanol–water partition coefficient (Wildman–Crippen LogP) is 4.36. The van der Waals surface area contributed by atoms with Crippen molar-refractivity contribution >= 4 is 23.6 Å². The third-order valence-corrected chi connectivity index (χ3v) is 4.61. The Kier molecular flexibility index (Phi) is 7.64. The molecule has 176 valence electrons. The Morgan fingerprint density at radius 1 is 1.09 bits per heavy atom. The predicted molar refractivity (Wildman–Crippen MR) is 121 cm³/mol. The summed E-state index contributed by atoms with van der Waals surface area (Å²) in [7, 11) is 1.49. The van der Waals surface area contributed by atoms with Gasteiger partial charge in [0.15, 0.2) is 0 Å². The van der Waals surface area contributed by atoms with Gasteiger partial charge in [-0.1, -0.05) is 18.2 Å². The van der Waals surface area contributed by atoms with Gasteiger partial charge in [-0.15, -0.1) is 0 Å². The van der Waals surface area contributed by atoms with Crippen molar-refractivity contribution in [3.05, 3.63) is 89.3 Å². The van der Waals surface area contributed by atoms with Crippen LogP contribution in [0.2, 0.25) is 0 Å². The first-order valence-corrected chi connectivity index (χ1v) is 10.0. The van der Waals surface area contributed by atoms with Gasteiger partial charge in [0.2, 0.25) is 5.91 Å². The Balaban J connectivity index is 1.69. The van der Waals surface area contributed by atoms with Crippen molar-refractivity contribution in [2.75, 3.05) is 12.4 Å². The molecule has 2 amide bonds. The highest BCUT2D eigenvalue weighted by Crippen LogP contribution is 2.33. The molecule has 1 heterocycles. The van der Waals surface area contributed by atoms with Crippen LogP contribution in [0.3, 0.4) is 0 Å². The van der Waals surface area contributed by atoms with E-state index in [4.69, 9.17) is 10.5 Å². The van der Waals surface area contributed by atoms with E-state index in [1.807, 2.05) is 0 Å². The molecule has 0 spiro atoms. The third kappa shape index (κ3) is 6.42. The second kappa shape index (κ2) is 10.6. The van der Waals surface area contributed by atoms with Crippen LogP contribution in [-0.2, 0) is 17.5 Å². The number of benzene rings is 2. The van der Waals surface area contributed by atoms with E-state index in [0.717, 1.165) is 6.07 Å². The van der Waals surface area contributed by atoms with Crippen molar-refractivity contribution in [1.29, 1.82) is 0 Å². The van der Waals surface area contributed by atoms with Gasteiger partial charge in [0, 0.05) is 37.6 Å². The smallest absolute Gasteiger partial charge is 0.416 e. The molecular weight excluding hydrogens is 449 g/mol. The summed E-state index contributed by atoms with van der Waals surface area (Å²) < 4.78 is 45.3. The number of anilines is 1. The highest BCUT2D eigenvalue weighted by atomic mass is 19.4. The molecule has 3 rings (SSSR count). The second-order valence-electron chi connectivity index (χ2n) is 7.03. The zero-order chi connectivity index (χ0) is 24.7. The van der Waals surface area contributed by atoms with Crippen molar-refractivity contribution in [2.24, 2.45) is 5.73 Å². The summed E-state index contributed by atoms with van der Waals surface area (Å²) in [6, 6.07) is 13.3. The van der Waals surface area contributed by atoms with Gasteiger partial charge in [-0.2, -0.15) is 13.2 Å². The number of alkyl halides is 3. The first-order valence-electron chi connectivity index (χ1n) is 10.0. The Bertz CT molecular complexity index is 1230. The first kappa shape index (κ1) is 24.5. The van der Waals surface area contributed by atoms with Gasteiger partial charge in [-0.3, -0.25) is 14.6 Å². The summed E-state index contributed by atoms with van der Waals surface area (Å²) in [4.78, 5) is 27.9. The lowest BCUT2D eigenvalue weighted by molar-refractivity contribution is -0.138. The topological polar surface area (TPSA) is 106 Å². The van der Waals surface area contributed by atoms with E-state index in [2.05, 4.69) is 15.6 Å². The number of amides is 2. The molecule has 2 aromatic carbocycles. The standard InChI is InChI=1S/C24H21F3N4O3/c1-29-23(33)21-13-19(9-10-30-21)34-18-4-2-3-15(11-18)5-8-22(32)31-17-7-6-16(14-28)20(12-17)24(25,26)27/h2-13H,14,28H2,1H3,(H,29,33)(H,31,32). The summed E-state index contributed by atoms with van der Waals surface area (Å²) in [5, 5.41) is 4.89. The number of nitrogens with two attached hydrogens (primary N) is 1. The maximum absolute atomic E-state index is 13.2. The molecule has 0 saturated carbocycles. The number of carbonyl (C=O) groups excluding carboxylic acids is 2. The average molecular weight is 470 g/mol. The maximum atomic E-state index is 13.2. The quantitative estimate of drug-likeness (QED) is 0.445. The van der Waals surface area contributed by atoms with Gasteiger partial charge in [-0.05, 0) is 47.5 Å². The first-order chi connectivity index (χ1) is 16.2. The zero-order valence-corrected chi connectivity index (χ0v) is 18.0. The van der Waals surface area contributed by atoms with Crippen LogP contribution >= 0.6 is 0 Å². The van der Waals surface area contributed by atoms with Gasteiger partial charge in [0.25, 0.3) is 5.91 Å². The Morgan fingerprint density at radius 3 is 2.56 bits per heavy atom. The van der Waals surface area contributed by atoms with Crippen molar-refractivity contribution in [2.45, 2.75) is 12.7 Å². The number of nitrogens with zero attached hydrogens (tertiary/aromatic N) is 1. The van der Waals surface area contributed by atoms with Crippen LogP contribution in [0, 0.1) is 0 Å². The fourth-order valence-electron chi connectivity index (χ4n) is 3.00. The minimum Gasteiger partial charge on any atom is -0.457 e. The zero-order valence-electron chi connectivity index (χ0n) is 18.0. The van der Waals surface area contributed by atoms with Crippen LogP contribution in [0.15, 0.2) is 66.9 Å². The Labute approximate surface area is 193 Å². The van der Waals surface area contributed by atoms with Crippen molar-refractivity contribution in [1.82, 2.24) is 10.3 Å². The SMILES string of the molecule is CNC(=O)c1cc(Oc2cccc(C=CC(=O)Nc3ccc(CN)c(C(F)(F)F)c3)c2)ccn1. The second-order valence-corrected chi connectivity index (χ2v) is 7.03. The maximum Gasteiger partial charge on any atom is 0.416 e. The van der Waals surface area contributed by atoms with Gasteiger partial charge in [0.1, 0.15) is 17.2 Å². The van der Waals surface area contributed by atoms with Crippen molar-refractivity contribution in [3.8, 4) is 11.5 Å². The molecule has 7 nitrogen and oxygen atoms in total. The summed E-state index contributed by atoms with van der Waals surface area (Å²) in [6.07, 6.45) is -0.455. The molecule has 0 bridgehead atoms. The molecule has 0 aliphatic rings. The van der Waals surface area contributed by atoms with Crippen molar-refractivity contribution in [3.63, 3.8) is 0 Å². The number of nitrogens with one attached hydrogen (secondary N) is 2. The molecule has 0 atom stereocenters. The average Bonchev–Trinajstić information content (AvgIpc) is 2.82. The van der Waals surface area contributed by atoms with E-state index in [0.29, 0.717) is 17.1 Å². The fourth-order valence-corrected chi connectivity index (χ4v) is 3.00. The molecule has 34 heavy (non-hydrogen) atoms. The van der Waals surface area contributed by atoms with Crippen LogP contribution in [0.4, 0.5) is 18.9 Å². The number of aromatic nitrogens is 1. The fraction of sp³-hybridized carbons (Fsp3) is 0.125. The summed E-state index contributed by atoms with van der Waals surface area (Å²) in [6.45, 7) is -0.270. The van der Waals surface area contributed by atoms with Crippen LogP contribution < -0.4 is 21.1 Å². The van der Waals surface area contributed by atoms with Gasteiger partial charge >= 0.3 is 6.18 Å². The van der Waals surface area contributed by atoms with Crippen LogP contribution in [0.5, 0.6) is 11.5 Å². The number of rotatable bonds is 7. The molecule has 0 aliphatic carbocycles. The van der Waals surface area contributed by atoms with Crippen LogP contribution in [0.1, 0.15) is 27.2 Å². The molecule has 0 fully saturated rings. The third-order valence-electron chi connectivity index (χ3n) is 4.61. The van der Waals surface area contributed by atoms with Gasteiger partial charge in [0.05, 0.1) is 5.56 Å². The molecular formula is C24H21F3N4O3. The lowest BCUT2D eigenvalue weighted by atomic mass is 10.1. The molecule has 1 aromatic heterocycles. The number of pyridine rings is 1. The highest BCUT2D eigenvalue weighted by Gasteiger charge is 2.33. The van der Waals surface area contributed by atoms with Crippen LogP contribution in [-0.4, -0.2) is 23.8 Å². The molecule has 0 radical (unpaired) electrons. The molecule has 4 N–H and O–H groups in total. The number of carbonyl (C=O) groups is 2. The molecule has 0 aliphatic heterocycles. The number of hydrogen-bond acceptors (Lipinski definition) is 5. The molecule has 3 aromatic rings. The van der Waals surface area contributed by atoms with Gasteiger partial charge in [-0.25, -0.2) is 0 Å². The molecule has 0 unspecified atom stereocenters. The highest BCUT2D eigenvalue weighted by molar-refractivity contribution is 6.02. The van der Waals surface area contributed by atoms with E-state index >= 15 is 0 Å². The Morgan fingerprint density at radius 2 is 1.85 bits per heavy atom. The largest absolute Gasteiger partial charge is 0.457 e. The Hall–Kier alpha value is -4.18. The summed E-state index contributed by atoms with van der Waals surface area (Å²) in [5.41, 5.74) is 5.23. The summed E-state index contributed by atoms with van der Waals surface area (Å²) in [5.74, 6) is -0.116. The van der Waals surface area contributed by atoms with E-state index in [1.54, 1.807) is 30.3 Å². The normalized spacial score (nSPS) is 11.3. The van der Waals surface area contributed by atoms with Crippen molar-refractivity contribution < 1.29 is 27.5 Å². The lowest BCUT2D eigenvalue weighted by Crippen LogP contribution is -2.18. The lowest BCUT2D eigenvalue weighted by Gasteiger charge is -2.13. The number of ether oxygens (including phenoxy) is 1. The van der Waals surface area contributed by atoms with Crippen LogP contribution in [0.25, 0.3) is 6.08 Å². The van der Waals surface area contributed by atoms with Gasteiger partial charge < -0.3 is 21.1 Å². The summed E-state index contributed by atoms with van der Waals surface area (Å²) >= 11 is 0. The van der Waals surface area contributed by atoms with E-state index in [-0.39, 0.29) is 29.4 Å². The minimum atomic E-state index is -4.58.